The lowest BCUT2D eigenvalue weighted by Gasteiger charge is -2.04. The highest BCUT2D eigenvalue weighted by molar-refractivity contribution is 7.99. The van der Waals surface area contributed by atoms with Crippen molar-refractivity contribution in [3.05, 3.63) is 55.7 Å². The summed E-state index contributed by atoms with van der Waals surface area (Å²) in [5.74, 6) is -0.409. The van der Waals surface area contributed by atoms with Crippen molar-refractivity contribution >= 4 is 23.9 Å². The van der Waals surface area contributed by atoms with Gasteiger partial charge in [0.2, 0.25) is 5.91 Å². The summed E-state index contributed by atoms with van der Waals surface area (Å²) in [7, 11) is 2.81. The Morgan fingerprint density at radius 2 is 2.04 bits per heavy atom. The maximum atomic E-state index is 11.9. The van der Waals surface area contributed by atoms with Gasteiger partial charge in [-0.25, -0.2) is 14.9 Å². The molecule has 2 rings (SSSR count). The number of benzene rings is 1. The Bertz CT molecular complexity index is 946. The molecule has 0 fully saturated rings. The van der Waals surface area contributed by atoms with Crippen molar-refractivity contribution in [2.75, 3.05) is 5.75 Å². The van der Waals surface area contributed by atoms with Crippen LogP contribution in [0.4, 0.5) is 0 Å². The van der Waals surface area contributed by atoms with E-state index in [1.54, 1.807) is 6.21 Å². The molecule has 0 radical (unpaired) electrons. The SMILES string of the molecule is Cc1ccc(/C=N\NC(=O)CSc2nn(C)c(=O)n(C)c2=O)c(C)c1. The Labute approximate surface area is 148 Å². The quantitative estimate of drug-likeness (QED) is 0.470. The summed E-state index contributed by atoms with van der Waals surface area (Å²) in [6.07, 6.45) is 1.57. The normalized spacial score (nSPS) is 11.0. The zero-order valence-corrected chi connectivity index (χ0v) is 15.3. The van der Waals surface area contributed by atoms with Gasteiger partial charge in [0.15, 0.2) is 5.03 Å². The van der Waals surface area contributed by atoms with Crippen molar-refractivity contribution in [2.24, 2.45) is 19.2 Å². The fourth-order valence-electron chi connectivity index (χ4n) is 2.07. The first kappa shape index (κ1) is 18.7. The monoisotopic (exact) mass is 361 g/mol. The van der Waals surface area contributed by atoms with Crippen LogP contribution in [0.15, 0.2) is 37.9 Å². The lowest BCUT2D eigenvalue weighted by atomic mass is 10.1. The third-order valence-electron chi connectivity index (χ3n) is 3.45. The van der Waals surface area contributed by atoms with Gasteiger partial charge >= 0.3 is 5.69 Å². The smallest absolute Gasteiger partial charge is 0.272 e. The molecule has 0 unspecified atom stereocenters. The molecule has 1 N–H and O–H groups in total. The summed E-state index contributed by atoms with van der Waals surface area (Å²) in [4.78, 5) is 35.3. The Morgan fingerprint density at radius 3 is 2.72 bits per heavy atom. The van der Waals surface area contributed by atoms with Gasteiger partial charge in [-0.15, -0.1) is 0 Å². The van der Waals surface area contributed by atoms with Crippen LogP contribution >= 0.6 is 11.8 Å². The van der Waals surface area contributed by atoms with Gasteiger partial charge in [-0.3, -0.25) is 14.2 Å². The molecule has 0 aliphatic rings. The number of hydrogen-bond donors (Lipinski definition) is 1. The molecule has 9 heteroatoms. The number of rotatable bonds is 5. The van der Waals surface area contributed by atoms with Crippen molar-refractivity contribution < 1.29 is 4.79 Å². The minimum absolute atomic E-state index is 0.0370. The van der Waals surface area contributed by atoms with E-state index in [4.69, 9.17) is 0 Å². The second kappa shape index (κ2) is 7.93. The maximum absolute atomic E-state index is 11.9. The van der Waals surface area contributed by atoms with Crippen LogP contribution < -0.4 is 16.7 Å². The van der Waals surface area contributed by atoms with Gasteiger partial charge in [-0.05, 0) is 25.0 Å². The molecule has 1 aromatic heterocycles. The Morgan fingerprint density at radius 1 is 1.32 bits per heavy atom. The molecule has 1 aromatic carbocycles. The van der Waals surface area contributed by atoms with Crippen molar-refractivity contribution in [3.8, 4) is 0 Å². The maximum Gasteiger partial charge on any atom is 0.346 e. The van der Waals surface area contributed by atoms with Crippen molar-refractivity contribution in [1.82, 2.24) is 19.8 Å². The van der Waals surface area contributed by atoms with Gasteiger partial charge < -0.3 is 0 Å². The molecule has 0 bridgehead atoms. The first-order valence-corrected chi connectivity index (χ1v) is 8.44. The molecule has 0 aliphatic heterocycles. The number of carbonyl (C=O) groups is 1. The summed E-state index contributed by atoms with van der Waals surface area (Å²) in [5, 5.41) is 7.87. The fraction of sp³-hybridized carbons (Fsp3) is 0.312. The molecule has 132 valence electrons. The number of thioether (sulfide) groups is 1. The Kier molecular flexibility index (Phi) is 5.92. The summed E-state index contributed by atoms with van der Waals surface area (Å²) < 4.78 is 2.01. The largest absolute Gasteiger partial charge is 0.346 e. The highest BCUT2D eigenvalue weighted by Gasteiger charge is 2.11. The van der Waals surface area contributed by atoms with Crippen LogP contribution in [0.1, 0.15) is 16.7 Å². The van der Waals surface area contributed by atoms with Crippen LogP contribution in [0, 0.1) is 13.8 Å². The molecule has 8 nitrogen and oxygen atoms in total. The predicted octanol–water partition coefficient (Wildman–Crippen LogP) is 0.338. The van der Waals surface area contributed by atoms with Gasteiger partial charge in [-0.2, -0.15) is 10.2 Å². The number of amides is 1. The zero-order chi connectivity index (χ0) is 18.6. The number of nitrogens with one attached hydrogen (secondary N) is 1. The Hall–Kier alpha value is -2.68. The number of nitrogens with zero attached hydrogens (tertiary/aromatic N) is 4. The number of hydrazone groups is 1. The Balaban J connectivity index is 1.96. The molecular formula is C16H19N5O3S. The molecule has 0 aliphatic carbocycles. The second-order valence-electron chi connectivity index (χ2n) is 5.52. The van der Waals surface area contributed by atoms with Gasteiger partial charge in [0.25, 0.3) is 5.56 Å². The standard InChI is InChI=1S/C16H19N5O3S/c1-10-5-6-12(11(2)7-10)8-17-18-13(22)9-25-14-15(23)20(3)16(24)21(4)19-14/h5-8H,9H2,1-4H3,(H,18,22)/b17-8-. The minimum atomic E-state index is -0.528. The number of hydrogen-bond acceptors (Lipinski definition) is 6. The summed E-state index contributed by atoms with van der Waals surface area (Å²) in [5.41, 5.74) is 4.49. The van der Waals surface area contributed by atoms with Crippen LogP contribution in [-0.4, -0.2) is 32.2 Å². The van der Waals surface area contributed by atoms with E-state index < -0.39 is 11.2 Å². The third kappa shape index (κ3) is 4.66. The van der Waals surface area contributed by atoms with Crippen LogP contribution in [0.2, 0.25) is 0 Å². The average Bonchev–Trinajstić information content (AvgIpc) is 2.57. The first-order chi connectivity index (χ1) is 11.8. The van der Waals surface area contributed by atoms with Crippen LogP contribution in [-0.2, 0) is 18.9 Å². The average molecular weight is 361 g/mol. The number of carbonyl (C=O) groups excluding carboxylic acids is 1. The third-order valence-corrected chi connectivity index (χ3v) is 4.39. The minimum Gasteiger partial charge on any atom is -0.272 e. The van der Waals surface area contributed by atoms with Crippen molar-refractivity contribution in [2.45, 2.75) is 18.9 Å². The van der Waals surface area contributed by atoms with E-state index in [0.717, 1.165) is 37.7 Å². The molecule has 0 saturated heterocycles. The van der Waals surface area contributed by atoms with Crippen molar-refractivity contribution in [3.63, 3.8) is 0 Å². The summed E-state index contributed by atoms with van der Waals surface area (Å²) in [6.45, 7) is 3.97. The van der Waals surface area contributed by atoms with E-state index in [-0.39, 0.29) is 16.7 Å². The van der Waals surface area contributed by atoms with Gasteiger partial charge in [0, 0.05) is 14.1 Å². The van der Waals surface area contributed by atoms with E-state index in [9.17, 15) is 14.4 Å². The molecule has 0 atom stereocenters. The van der Waals surface area contributed by atoms with Gasteiger partial charge in [0.05, 0.1) is 12.0 Å². The van der Waals surface area contributed by atoms with E-state index >= 15 is 0 Å². The molecule has 0 spiro atoms. The van der Waals surface area contributed by atoms with E-state index in [1.807, 2.05) is 32.0 Å². The topological polar surface area (TPSA) is 98.3 Å². The summed E-state index contributed by atoms with van der Waals surface area (Å²) in [6, 6.07) is 5.92. The highest BCUT2D eigenvalue weighted by atomic mass is 32.2. The predicted molar refractivity (Wildman–Crippen MR) is 97.1 cm³/mol. The van der Waals surface area contributed by atoms with Crippen LogP contribution in [0.3, 0.4) is 0 Å². The van der Waals surface area contributed by atoms with Crippen LogP contribution in [0.5, 0.6) is 0 Å². The molecule has 1 heterocycles. The molecule has 0 saturated carbocycles. The van der Waals surface area contributed by atoms with Crippen LogP contribution in [0.25, 0.3) is 0 Å². The second-order valence-corrected chi connectivity index (χ2v) is 6.48. The summed E-state index contributed by atoms with van der Waals surface area (Å²) >= 11 is 0.953. The van der Waals surface area contributed by atoms with E-state index in [0.29, 0.717) is 0 Å². The number of aromatic nitrogens is 3. The van der Waals surface area contributed by atoms with Gasteiger partial charge in [0.1, 0.15) is 0 Å². The molecule has 2 aromatic rings. The molecule has 25 heavy (non-hydrogen) atoms. The van der Waals surface area contributed by atoms with Gasteiger partial charge in [-0.1, -0.05) is 35.5 Å². The molecular weight excluding hydrogens is 342 g/mol. The lowest BCUT2D eigenvalue weighted by Crippen LogP contribution is -2.39. The number of aryl methyl sites for hydroxylation is 3. The highest BCUT2D eigenvalue weighted by Crippen LogP contribution is 2.09. The lowest BCUT2D eigenvalue weighted by molar-refractivity contribution is -0.118. The van der Waals surface area contributed by atoms with E-state index in [1.165, 1.54) is 14.1 Å². The molecule has 1 amide bonds. The zero-order valence-electron chi connectivity index (χ0n) is 14.4. The van der Waals surface area contributed by atoms with Crippen molar-refractivity contribution in [1.29, 1.82) is 0 Å². The fourth-order valence-corrected chi connectivity index (χ4v) is 2.84. The van der Waals surface area contributed by atoms with E-state index in [2.05, 4.69) is 15.6 Å². The first-order valence-electron chi connectivity index (χ1n) is 7.46.